The maximum Gasteiger partial charge on any atom is 0.157 e. The third kappa shape index (κ3) is 20.6. The molecule has 0 radical (unpaired) electrons. The lowest BCUT2D eigenvalue weighted by Gasteiger charge is -2.02. The molecule has 0 unspecified atom stereocenters. The monoisotopic (exact) mass is 1710 g/mol. The van der Waals surface area contributed by atoms with Crippen LogP contribution < -0.4 is 34.7 Å². The first-order valence-corrected chi connectivity index (χ1v) is 40.2. The number of hydrogen-bond donors (Lipinski definition) is 12. The first kappa shape index (κ1) is 83.6. The molecule has 0 saturated heterocycles. The van der Waals surface area contributed by atoms with Gasteiger partial charge in [0.2, 0.25) is 0 Å². The fourth-order valence-corrected chi connectivity index (χ4v) is 13.4. The largest absolute Gasteiger partial charge is 0.497 e. The highest BCUT2D eigenvalue weighted by atomic mass is 35.5. The van der Waals surface area contributed by atoms with Gasteiger partial charge in [-0.3, -0.25) is 40.4 Å². The molecular weight excluding hydrogens is 1620 g/mol. The number of ether oxygens (including phenoxy) is 5. The summed E-state index contributed by atoms with van der Waals surface area (Å²) in [6.07, 6.45) is 43.1. The van der Waals surface area contributed by atoms with Gasteiger partial charge in [-0.15, -0.1) is 0 Å². The standard InChI is InChI=1S/C21H22N6O.C19H17N5O.C18H14ClN5O.C18H16N6O.C18H15N5O/c1-3-22-11-15-8-14(10-23-12-15)4-5-16-13-24-27-20(16)21-25-18-7-6-17(28-2)9-19(18)26-21;1-12-7-8-20-10-13(12)3-4-14-11-21-24-18(14)19-22-16-6-5-15(25-2)9-17(16)23-19;2*1-25-13-5-6-14-15(8-13)23-18(22-14)17-12(10-21-24-17)4-2-11-3-7-16(19)20-9-11;1-24-14-6-7-15-16(9-14)22-18(21-15)17-13(11-20-23-17)5-4-12-3-2-8-19-10-12/h4-10,12-13,22H,3,11H2,1-2H3,(H,24,27)(H,25,26);3-11H,1-2H3,(H,21,24)(H,22,23);2-10H,1H3,(H,21,24)(H,22,23);2-10H,1H3,(H2,19,20)(H,21,24)(H,22,23);2-11H,1H3,(H,20,23)(H,21,22)/b5-4+;4-3+;2*4-2+;5-4+. The van der Waals surface area contributed by atoms with E-state index in [-0.39, 0.29) is 0 Å². The predicted octanol–water partition coefficient (Wildman–Crippen LogP) is 18.3. The second-order valence-electron chi connectivity index (χ2n) is 28.4. The average Bonchev–Trinajstić information content (AvgIpc) is 1.68. The van der Waals surface area contributed by atoms with E-state index in [4.69, 9.17) is 41.0 Å². The Bertz CT molecular complexity index is 7090. The summed E-state index contributed by atoms with van der Waals surface area (Å²) in [7, 11) is 8.23. The Morgan fingerprint density at radius 1 is 0.339 bits per heavy atom. The number of pyridine rings is 5. The highest BCUT2D eigenvalue weighted by Gasteiger charge is 2.18. The minimum Gasteiger partial charge on any atom is -0.497 e. The first-order valence-electron chi connectivity index (χ1n) is 39.9. The summed E-state index contributed by atoms with van der Waals surface area (Å²) < 4.78 is 26.3. The molecule has 20 aromatic rings. The van der Waals surface area contributed by atoms with Crippen LogP contribution in [-0.2, 0) is 6.54 Å². The van der Waals surface area contributed by atoms with Gasteiger partial charge in [-0.05, 0) is 149 Å². The molecule has 127 heavy (non-hydrogen) atoms. The zero-order valence-corrected chi connectivity index (χ0v) is 70.4. The quantitative estimate of drug-likeness (QED) is 0.0265. The van der Waals surface area contributed by atoms with Crippen LogP contribution in [0.4, 0.5) is 5.82 Å². The third-order valence-corrected chi connectivity index (χ3v) is 20.2. The minimum atomic E-state index is 0.471. The average molecular weight is 1710 g/mol. The van der Waals surface area contributed by atoms with E-state index >= 15 is 0 Å². The van der Waals surface area contributed by atoms with Crippen molar-refractivity contribution in [2.45, 2.75) is 20.4 Å². The van der Waals surface area contributed by atoms with E-state index in [0.717, 1.165) is 216 Å². The van der Waals surface area contributed by atoms with E-state index < -0.39 is 0 Å². The molecule has 33 heteroatoms. The topological polar surface area (TPSA) is 435 Å². The van der Waals surface area contributed by atoms with E-state index in [0.29, 0.717) is 11.0 Å². The number of hydrogen-bond acceptors (Lipinski definition) is 22. The molecular formula is C94H84ClN27O5. The molecule has 0 aliphatic heterocycles. The zero-order chi connectivity index (χ0) is 87.4. The highest BCUT2D eigenvalue weighted by molar-refractivity contribution is 6.29. The summed E-state index contributed by atoms with van der Waals surface area (Å²) in [5, 5.41) is 39.6. The Morgan fingerprint density at radius 3 is 1.02 bits per heavy atom. The van der Waals surface area contributed by atoms with Gasteiger partial charge in [0, 0.05) is 114 Å². The minimum absolute atomic E-state index is 0.471. The molecule has 0 aliphatic carbocycles. The van der Waals surface area contributed by atoms with Gasteiger partial charge < -0.3 is 59.7 Å². The molecule has 632 valence electrons. The molecule has 20 rings (SSSR count). The van der Waals surface area contributed by atoms with Gasteiger partial charge in [0.25, 0.3) is 0 Å². The van der Waals surface area contributed by atoms with Gasteiger partial charge >= 0.3 is 0 Å². The number of nitrogens with two attached hydrogens (primary N) is 1. The molecule has 0 fully saturated rings. The molecule has 0 aliphatic rings. The number of halogens is 1. The Morgan fingerprint density at radius 2 is 0.685 bits per heavy atom. The fourth-order valence-electron chi connectivity index (χ4n) is 13.2. The van der Waals surface area contributed by atoms with Crippen LogP contribution in [0.15, 0.2) is 220 Å². The number of imidazole rings is 5. The smallest absolute Gasteiger partial charge is 0.157 e. The van der Waals surface area contributed by atoms with Gasteiger partial charge in [-0.1, -0.05) is 91.4 Å². The van der Waals surface area contributed by atoms with Crippen LogP contribution in [0.2, 0.25) is 5.15 Å². The van der Waals surface area contributed by atoms with Gasteiger partial charge in [-0.25, -0.2) is 34.9 Å². The number of benzene rings is 5. The van der Waals surface area contributed by atoms with Gasteiger partial charge in [0.1, 0.15) is 68.2 Å². The van der Waals surface area contributed by atoms with Gasteiger partial charge in [0.05, 0.1) is 122 Å². The summed E-state index contributed by atoms with van der Waals surface area (Å²) >= 11 is 5.81. The number of rotatable bonds is 23. The number of nitrogen functional groups attached to an aromatic ring is 1. The summed E-state index contributed by atoms with van der Waals surface area (Å²) in [6, 6.07) is 44.0. The molecule has 0 bridgehead atoms. The molecule has 32 nitrogen and oxygen atoms in total. The van der Waals surface area contributed by atoms with Crippen molar-refractivity contribution in [3.05, 3.63) is 292 Å². The number of nitrogens with zero attached hydrogens (tertiary/aromatic N) is 15. The maximum atomic E-state index is 5.81. The van der Waals surface area contributed by atoms with E-state index in [2.05, 4.69) is 151 Å². The molecule has 0 spiro atoms. The summed E-state index contributed by atoms with van der Waals surface area (Å²) in [5.74, 6) is 8.08. The number of anilines is 1. The number of nitrogens with one attached hydrogen (secondary N) is 11. The van der Waals surface area contributed by atoms with Crippen molar-refractivity contribution in [1.29, 1.82) is 0 Å². The zero-order valence-electron chi connectivity index (χ0n) is 69.7. The van der Waals surface area contributed by atoms with E-state index in [1.54, 1.807) is 103 Å². The van der Waals surface area contributed by atoms with E-state index in [1.165, 1.54) is 5.56 Å². The number of fused-ring (bicyclic) bond motifs is 5. The van der Waals surface area contributed by atoms with Crippen molar-refractivity contribution in [3.63, 3.8) is 0 Å². The van der Waals surface area contributed by atoms with Crippen molar-refractivity contribution < 1.29 is 23.7 Å². The Balaban J connectivity index is 0.000000117. The van der Waals surface area contributed by atoms with E-state index in [9.17, 15) is 0 Å². The molecule has 0 atom stereocenters. The second-order valence-corrected chi connectivity index (χ2v) is 28.8. The van der Waals surface area contributed by atoms with E-state index in [1.807, 2.05) is 207 Å². The molecule has 0 saturated carbocycles. The fraction of sp³-hybridized carbons (Fsp3) is 0.0957. The molecule has 13 N–H and O–H groups in total. The first-order chi connectivity index (χ1) is 62.3. The second kappa shape index (κ2) is 39.7. The lowest BCUT2D eigenvalue weighted by Crippen LogP contribution is -2.11. The molecule has 15 aromatic heterocycles. The lowest BCUT2D eigenvalue weighted by molar-refractivity contribution is 0.415. The van der Waals surface area contributed by atoms with Crippen molar-refractivity contribution in [2.24, 2.45) is 0 Å². The van der Waals surface area contributed by atoms with Crippen molar-refractivity contribution in [3.8, 4) is 86.3 Å². The van der Waals surface area contributed by atoms with Crippen LogP contribution in [0.25, 0.3) is 174 Å². The maximum absolute atomic E-state index is 5.81. The Hall–Kier alpha value is -17.0. The highest BCUT2D eigenvalue weighted by Crippen LogP contribution is 2.33. The number of aryl methyl sites for hydroxylation is 1. The van der Waals surface area contributed by atoms with Crippen LogP contribution in [0.1, 0.15) is 73.7 Å². The predicted molar refractivity (Wildman–Crippen MR) is 499 cm³/mol. The SMILES string of the molecule is CCNCc1cncc(/C=C/c2cn[nH]c2-c2nc3ccc(OC)cc3[nH]2)c1.COc1ccc2nc(-c3[nH]ncc3/C=C/c3ccc(Cl)nc3)[nH]c2c1.COc1ccc2nc(-c3[nH]ncc3/C=C/c3ccc(N)nc3)[nH]c2c1.COc1ccc2nc(-c3[nH]ncc3/C=C/c3cccnc3)[nH]c2c1.COc1ccc2nc(-c3[nH]ncc3/C=C/c3cnccc3C)[nH]c2c1. The van der Waals surface area contributed by atoms with Crippen molar-refractivity contribution in [1.82, 2.24) is 131 Å². The normalized spacial score (nSPS) is 11.4. The molecule has 0 amide bonds. The molecule has 5 aromatic carbocycles. The summed E-state index contributed by atoms with van der Waals surface area (Å²) in [4.78, 5) is 60.4. The summed E-state index contributed by atoms with van der Waals surface area (Å²) in [6.45, 7) is 5.89. The van der Waals surface area contributed by atoms with Crippen LogP contribution in [0, 0.1) is 6.92 Å². The number of H-pyrrole nitrogens is 10. The van der Waals surface area contributed by atoms with Crippen molar-refractivity contribution in [2.75, 3.05) is 47.8 Å². The van der Waals surface area contributed by atoms with Crippen LogP contribution in [0.5, 0.6) is 28.7 Å². The van der Waals surface area contributed by atoms with Crippen LogP contribution in [0.3, 0.4) is 0 Å². The number of methoxy groups -OCH3 is 5. The van der Waals surface area contributed by atoms with Crippen LogP contribution >= 0.6 is 11.6 Å². The van der Waals surface area contributed by atoms with Crippen molar-refractivity contribution >= 4 is 133 Å². The van der Waals surface area contributed by atoms with Gasteiger partial charge in [-0.2, -0.15) is 25.5 Å². The molecule has 15 heterocycles. The lowest BCUT2D eigenvalue weighted by atomic mass is 10.1. The number of aromatic nitrogens is 25. The third-order valence-electron chi connectivity index (χ3n) is 20.0. The number of aromatic amines is 10. The Kier molecular flexibility index (Phi) is 26.1. The summed E-state index contributed by atoms with van der Waals surface area (Å²) in [5.41, 5.74) is 30.7. The Labute approximate surface area is 730 Å². The van der Waals surface area contributed by atoms with Gasteiger partial charge in [0.15, 0.2) is 29.1 Å². The van der Waals surface area contributed by atoms with Crippen LogP contribution in [-0.4, -0.2) is 168 Å².